The summed E-state index contributed by atoms with van der Waals surface area (Å²) in [6.07, 6.45) is 5.96. The number of hydrogen-bond acceptors (Lipinski definition) is 4. The Balaban J connectivity index is 1.65. The highest BCUT2D eigenvalue weighted by Gasteiger charge is 2.26. The molecule has 1 fully saturated rings. The van der Waals surface area contributed by atoms with Crippen molar-refractivity contribution in [2.45, 2.75) is 46.1 Å². The van der Waals surface area contributed by atoms with Crippen molar-refractivity contribution in [1.82, 2.24) is 14.3 Å². The summed E-state index contributed by atoms with van der Waals surface area (Å²) in [7, 11) is 0. The first-order valence-corrected chi connectivity index (χ1v) is 9.34. The highest BCUT2D eigenvalue weighted by molar-refractivity contribution is 5.93. The van der Waals surface area contributed by atoms with Gasteiger partial charge in [-0.25, -0.2) is 4.98 Å². The first kappa shape index (κ1) is 18.6. The Labute approximate surface area is 153 Å². The summed E-state index contributed by atoms with van der Waals surface area (Å²) in [5, 5.41) is 0. The largest absolute Gasteiger partial charge is 0.378 e. The molecule has 140 valence electrons. The Kier molecular flexibility index (Phi) is 5.71. The minimum atomic E-state index is -0.310. The summed E-state index contributed by atoms with van der Waals surface area (Å²) in [5.74, 6) is 0.395. The number of aryl methyl sites for hydroxylation is 1. The molecule has 0 unspecified atom stereocenters. The van der Waals surface area contributed by atoms with Crippen LogP contribution >= 0.6 is 0 Å². The first-order chi connectivity index (χ1) is 12.5. The van der Waals surface area contributed by atoms with Crippen LogP contribution in [0.2, 0.25) is 0 Å². The van der Waals surface area contributed by atoms with E-state index in [1.165, 1.54) is 10.6 Å². The van der Waals surface area contributed by atoms with Crippen molar-refractivity contribution in [2.24, 2.45) is 5.92 Å². The van der Waals surface area contributed by atoms with Gasteiger partial charge in [0.05, 0.1) is 6.10 Å². The number of ether oxygens (including phenoxy) is 1. The van der Waals surface area contributed by atoms with Crippen LogP contribution in [-0.4, -0.2) is 46.0 Å². The topological polar surface area (TPSA) is 63.9 Å². The van der Waals surface area contributed by atoms with E-state index in [0.29, 0.717) is 24.7 Å². The van der Waals surface area contributed by atoms with Gasteiger partial charge in [0, 0.05) is 32.1 Å². The van der Waals surface area contributed by atoms with Crippen LogP contribution in [0.25, 0.3) is 5.65 Å². The van der Waals surface area contributed by atoms with Gasteiger partial charge in [-0.05, 0) is 49.8 Å². The molecule has 0 radical (unpaired) electrons. The molecule has 0 N–H and O–H groups in total. The van der Waals surface area contributed by atoms with E-state index in [2.05, 4.69) is 18.8 Å². The molecule has 0 aliphatic carbocycles. The fourth-order valence-corrected chi connectivity index (χ4v) is 3.19. The van der Waals surface area contributed by atoms with Crippen molar-refractivity contribution in [3.8, 4) is 0 Å². The van der Waals surface area contributed by atoms with Crippen molar-refractivity contribution in [3.05, 3.63) is 46.0 Å². The molecule has 1 aliphatic heterocycles. The number of carbonyl (C=O) groups is 1. The zero-order valence-electron chi connectivity index (χ0n) is 15.8. The lowest BCUT2D eigenvalue weighted by Crippen LogP contribution is -2.43. The molecule has 0 aromatic carbocycles. The molecular formula is C20H27N3O3. The Bertz CT molecular complexity index is 836. The van der Waals surface area contributed by atoms with Crippen molar-refractivity contribution < 1.29 is 9.53 Å². The SMILES string of the molecule is Cc1ccn2c(=O)c(C(=O)N3CCC(OCCC(C)C)CC3)cnc2c1. The second-order valence-electron chi connectivity index (χ2n) is 7.45. The van der Waals surface area contributed by atoms with Gasteiger partial charge in [-0.3, -0.25) is 14.0 Å². The first-order valence-electron chi connectivity index (χ1n) is 9.34. The Morgan fingerprint density at radius 1 is 1.35 bits per heavy atom. The minimum absolute atomic E-state index is 0.130. The van der Waals surface area contributed by atoms with Crippen LogP contribution in [0.3, 0.4) is 0 Å². The maximum atomic E-state index is 12.8. The molecule has 3 rings (SSSR count). The summed E-state index contributed by atoms with van der Waals surface area (Å²) < 4.78 is 7.34. The third-order valence-electron chi connectivity index (χ3n) is 4.87. The van der Waals surface area contributed by atoms with Gasteiger partial charge in [-0.15, -0.1) is 0 Å². The van der Waals surface area contributed by atoms with E-state index in [0.717, 1.165) is 31.4 Å². The highest BCUT2D eigenvalue weighted by Crippen LogP contribution is 2.16. The van der Waals surface area contributed by atoms with E-state index < -0.39 is 0 Å². The van der Waals surface area contributed by atoms with E-state index >= 15 is 0 Å². The third-order valence-corrected chi connectivity index (χ3v) is 4.87. The number of hydrogen-bond donors (Lipinski definition) is 0. The van der Waals surface area contributed by atoms with Crippen LogP contribution in [0.4, 0.5) is 0 Å². The molecule has 1 saturated heterocycles. The number of carbonyl (C=O) groups excluding carboxylic acids is 1. The number of aromatic nitrogens is 2. The average molecular weight is 357 g/mol. The molecule has 0 bridgehead atoms. The number of amides is 1. The monoisotopic (exact) mass is 357 g/mol. The number of nitrogens with zero attached hydrogens (tertiary/aromatic N) is 3. The van der Waals surface area contributed by atoms with E-state index in [1.54, 1.807) is 11.1 Å². The summed E-state index contributed by atoms with van der Waals surface area (Å²) in [5.41, 5.74) is 1.40. The van der Waals surface area contributed by atoms with Gasteiger partial charge in [0.1, 0.15) is 11.2 Å². The molecule has 1 amide bonds. The lowest BCUT2D eigenvalue weighted by molar-refractivity contribution is 0.00479. The van der Waals surface area contributed by atoms with Gasteiger partial charge in [-0.2, -0.15) is 0 Å². The van der Waals surface area contributed by atoms with E-state index in [4.69, 9.17) is 4.74 Å². The zero-order chi connectivity index (χ0) is 18.7. The number of piperidine rings is 1. The predicted molar refractivity (Wildman–Crippen MR) is 101 cm³/mol. The number of pyridine rings is 1. The molecule has 6 heteroatoms. The Morgan fingerprint density at radius 2 is 2.08 bits per heavy atom. The fourth-order valence-electron chi connectivity index (χ4n) is 3.19. The average Bonchev–Trinajstić information content (AvgIpc) is 2.61. The molecule has 2 aromatic heterocycles. The van der Waals surface area contributed by atoms with Crippen LogP contribution in [0.1, 0.15) is 49.0 Å². The van der Waals surface area contributed by atoms with Crippen LogP contribution < -0.4 is 5.56 Å². The fraction of sp³-hybridized carbons (Fsp3) is 0.550. The van der Waals surface area contributed by atoms with Crippen molar-refractivity contribution in [3.63, 3.8) is 0 Å². The normalized spacial score (nSPS) is 15.8. The van der Waals surface area contributed by atoms with Crippen LogP contribution in [0.15, 0.2) is 29.3 Å². The summed E-state index contributed by atoms with van der Waals surface area (Å²) in [4.78, 5) is 31.4. The summed E-state index contributed by atoms with van der Waals surface area (Å²) in [6.45, 7) is 8.30. The number of rotatable bonds is 5. The second-order valence-corrected chi connectivity index (χ2v) is 7.45. The predicted octanol–water partition coefficient (Wildman–Crippen LogP) is 2.67. The lowest BCUT2D eigenvalue weighted by atomic mass is 10.1. The van der Waals surface area contributed by atoms with Crippen LogP contribution in [-0.2, 0) is 4.74 Å². The maximum Gasteiger partial charge on any atom is 0.270 e. The standard InChI is InChI=1S/C20H27N3O3/c1-14(2)7-11-26-16-5-8-22(9-6-16)19(24)17-13-21-18-12-15(3)4-10-23(18)20(17)25/h4,10,12-14,16H,5-9,11H2,1-3H3. The van der Waals surface area contributed by atoms with E-state index in [1.807, 2.05) is 19.1 Å². The second kappa shape index (κ2) is 7.99. The summed E-state index contributed by atoms with van der Waals surface area (Å²) in [6, 6.07) is 3.67. The van der Waals surface area contributed by atoms with Gasteiger partial charge in [0.2, 0.25) is 0 Å². The van der Waals surface area contributed by atoms with Crippen LogP contribution in [0, 0.1) is 12.8 Å². The molecule has 26 heavy (non-hydrogen) atoms. The van der Waals surface area contributed by atoms with Crippen molar-refractivity contribution in [2.75, 3.05) is 19.7 Å². The maximum absolute atomic E-state index is 12.8. The van der Waals surface area contributed by atoms with E-state index in [-0.39, 0.29) is 23.1 Å². The quantitative estimate of drug-likeness (QED) is 0.825. The van der Waals surface area contributed by atoms with Crippen LogP contribution in [0.5, 0.6) is 0 Å². The molecule has 6 nitrogen and oxygen atoms in total. The molecule has 2 aromatic rings. The molecular weight excluding hydrogens is 330 g/mol. The highest BCUT2D eigenvalue weighted by atomic mass is 16.5. The Morgan fingerprint density at radius 3 is 2.77 bits per heavy atom. The van der Waals surface area contributed by atoms with Gasteiger partial charge in [-0.1, -0.05) is 13.8 Å². The number of fused-ring (bicyclic) bond motifs is 1. The third kappa shape index (κ3) is 4.12. The number of likely N-dealkylation sites (tertiary alicyclic amines) is 1. The summed E-state index contributed by atoms with van der Waals surface area (Å²) >= 11 is 0. The van der Waals surface area contributed by atoms with Crippen molar-refractivity contribution >= 4 is 11.6 Å². The van der Waals surface area contributed by atoms with Crippen molar-refractivity contribution in [1.29, 1.82) is 0 Å². The van der Waals surface area contributed by atoms with Gasteiger partial charge < -0.3 is 9.64 Å². The molecule has 0 spiro atoms. The minimum Gasteiger partial charge on any atom is -0.378 e. The van der Waals surface area contributed by atoms with Gasteiger partial charge in [0.15, 0.2) is 0 Å². The van der Waals surface area contributed by atoms with E-state index in [9.17, 15) is 9.59 Å². The zero-order valence-corrected chi connectivity index (χ0v) is 15.8. The van der Waals surface area contributed by atoms with Gasteiger partial charge >= 0.3 is 0 Å². The molecule has 0 saturated carbocycles. The smallest absolute Gasteiger partial charge is 0.270 e. The lowest BCUT2D eigenvalue weighted by Gasteiger charge is -2.32. The van der Waals surface area contributed by atoms with Gasteiger partial charge in [0.25, 0.3) is 11.5 Å². The molecule has 0 atom stereocenters. The molecule has 1 aliphatic rings. The molecule has 3 heterocycles. The Hall–Kier alpha value is -2.21.